The minimum absolute atomic E-state index is 0. The lowest BCUT2D eigenvalue weighted by Gasteiger charge is -2.30. The number of amides is 1. The van der Waals surface area contributed by atoms with E-state index < -0.39 is 6.10 Å². The van der Waals surface area contributed by atoms with Crippen molar-refractivity contribution in [2.75, 3.05) is 33.4 Å². The summed E-state index contributed by atoms with van der Waals surface area (Å²) >= 11 is 0. The quantitative estimate of drug-likeness (QED) is 0.222. The van der Waals surface area contributed by atoms with Crippen molar-refractivity contribution in [1.82, 2.24) is 10.6 Å². The topological polar surface area (TPSA) is 106 Å². The number of unbranched alkanes of at least 4 members (excludes halogenated alkanes) is 1. The second-order valence-electron chi connectivity index (χ2n) is 9.84. The molecule has 9 heteroatoms. The summed E-state index contributed by atoms with van der Waals surface area (Å²) < 4.78 is 10.9. The minimum Gasteiger partial charge on any atom is -0.493 e. The zero-order valence-electron chi connectivity index (χ0n) is 22.3. The molecule has 0 radical (unpaired) electrons. The van der Waals surface area contributed by atoms with Crippen molar-refractivity contribution in [2.45, 2.75) is 78.0 Å². The van der Waals surface area contributed by atoms with Gasteiger partial charge in [0.1, 0.15) is 5.75 Å². The van der Waals surface area contributed by atoms with Crippen molar-refractivity contribution < 1.29 is 19.4 Å². The van der Waals surface area contributed by atoms with E-state index in [-0.39, 0.29) is 48.2 Å². The first kappa shape index (κ1) is 36.1. The molecule has 0 bridgehead atoms. The van der Waals surface area contributed by atoms with Crippen LogP contribution in [0.3, 0.4) is 0 Å². The molecule has 35 heavy (non-hydrogen) atoms. The SMILES string of the molecule is CCC(C)(C)NC[C@H](O)[C@@H](N)C[C@H](CNC(=O)c1ccccc1OCCCCOC)C(C)C.Cl.Cl. The molecule has 0 saturated heterocycles. The Morgan fingerprint density at radius 1 is 1.11 bits per heavy atom. The second-order valence-corrected chi connectivity index (χ2v) is 9.84. The third-order valence-electron chi connectivity index (χ3n) is 6.34. The third kappa shape index (κ3) is 14.3. The van der Waals surface area contributed by atoms with Crippen molar-refractivity contribution in [3.63, 3.8) is 0 Å². The van der Waals surface area contributed by atoms with E-state index in [1.165, 1.54) is 0 Å². The molecule has 0 aliphatic heterocycles. The number of rotatable bonds is 17. The molecule has 0 saturated carbocycles. The molecule has 1 aromatic carbocycles. The average molecular weight is 539 g/mol. The number of aliphatic hydroxyl groups is 1. The van der Waals surface area contributed by atoms with Crippen LogP contribution in [-0.2, 0) is 4.74 Å². The van der Waals surface area contributed by atoms with Crippen LogP contribution in [0.25, 0.3) is 0 Å². The summed E-state index contributed by atoms with van der Waals surface area (Å²) in [6.07, 6.45) is 2.74. The van der Waals surface area contributed by atoms with Gasteiger partial charge in [0, 0.05) is 38.4 Å². The molecule has 1 rings (SSSR count). The Balaban J connectivity index is 0. The molecule has 0 unspecified atom stereocenters. The lowest BCUT2D eigenvalue weighted by molar-refractivity contribution is 0.0923. The zero-order chi connectivity index (χ0) is 24.9. The molecule has 0 aromatic heterocycles. The number of hydrogen-bond donors (Lipinski definition) is 4. The molecule has 1 amide bonds. The number of hydrogen-bond acceptors (Lipinski definition) is 6. The first-order valence-corrected chi connectivity index (χ1v) is 12.3. The van der Waals surface area contributed by atoms with Crippen LogP contribution in [0, 0.1) is 11.8 Å². The second kappa shape index (κ2) is 19.1. The van der Waals surface area contributed by atoms with Crippen molar-refractivity contribution in [1.29, 1.82) is 0 Å². The van der Waals surface area contributed by atoms with Crippen LogP contribution in [0.1, 0.15) is 70.7 Å². The molecular weight excluding hydrogens is 489 g/mol. The monoisotopic (exact) mass is 537 g/mol. The highest BCUT2D eigenvalue weighted by atomic mass is 35.5. The van der Waals surface area contributed by atoms with Crippen LogP contribution in [-0.4, -0.2) is 62.1 Å². The lowest BCUT2D eigenvalue weighted by atomic mass is 9.87. The molecule has 0 fully saturated rings. The normalized spacial score (nSPS) is 13.9. The third-order valence-corrected chi connectivity index (χ3v) is 6.34. The van der Waals surface area contributed by atoms with Crippen molar-refractivity contribution in [3.8, 4) is 5.75 Å². The van der Waals surface area contributed by atoms with Crippen molar-refractivity contribution >= 4 is 30.7 Å². The fourth-order valence-electron chi connectivity index (χ4n) is 3.38. The van der Waals surface area contributed by atoms with Gasteiger partial charge in [-0.1, -0.05) is 32.9 Å². The Morgan fingerprint density at radius 3 is 2.34 bits per heavy atom. The number of carbonyl (C=O) groups excluding carboxylic acids is 1. The largest absolute Gasteiger partial charge is 0.493 e. The summed E-state index contributed by atoms with van der Waals surface area (Å²) in [5.41, 5.74) is 6.82. The Bertz CT molecular complexity index is 692. The van der Waals surface area contributed by atoms with Gasteiger partial charge in [0.15, 0.2) is 0 Å². The summed E-state index contributed by atoms with van der Waals surface area (Å²) in [4.78, 5) is 12.9. The summed E-state index contributed by atoms with van der Waals surface area (Å²) in [6, 6.07) is 6.94. The molecular formula is C26H49Cl2N3O4. The number of carbonyl (C=O) groups is 1. The van der Waals surface area contributed by atoms with E-state index in [0.29, 0.717) is 50.0 Å². The van der Waals surface area contributed by atoms with Gasteiger partial charge in [0.25, 0.3) is 5.91 Å². The molecule has 206 valence electrons. The number of para-hydroxylation sites is 1. The molecule has 7 nitrogen and oxygen atoms in total. The Hall–Kier alpha value is -1.09. The van der Waals surface area contributed by atoms with E-state index in [2.05, 4.69) is 45.3 Å². The van der Waals surface area contributed by atoms with Crippen molar-refractivity contribution in [3.05, 3.63) is 29.8 Å². The van der Waals surface area contributed by atoms with Gasteiger partial charge in [-0.3, -0.25) is 4.79 Å². The molecule has 1 aromatic rings. The maximum absolute atomic E-state index is 12.9. The van der Waals surface area contributed by atoms with Crippen LogP contribution in [0.5, 0.6) is 5.75 Å². The predicted octanol–water partition coefficient (Wildman–Crippen LogP) is 4.19. The first-order chi connectivity index (χ1) is 15.6. The van der Waals surface area contributed by atoms with E-state index in [1.807, 2.05) is 18.2 Å². The standard InChI is InChI=1S/C26H47N3O4.2ClH/c1-7-26(4,5)29-18-23(30)22(27)16-20(19(2)3)17-28-25(31)21-12-8-9-13-24(21)33-15-11-10-14-32-6;;/h8-9,12-13,19-20,22-23,29-30H,7,10-11,14-18,27H2,1-6H3,(H,28,31);2*1H/t20-,22+,23+;;/m1../s1. The smallest absolute Gasteiger partial charge is 0.255 e. The van der Waals surface area contributed by atoms with Crippen LogP contribution in [0.4, 0.5) is 0 Å². The molecule has 5 N–H and O–H groups in total. The molecule has 3 atom stereocenters. The number of methoxy groups -OCH3 is 1. The van der Waals surface area contributed by atoms with Gasteiger partial charge >= 0.3 is 0 Å². The maximum atomic E-state index is 12.9. The number of nitrogens with one attached hydrogen (secondary N) is 2. The highest BCUT2D eigenvalue weighted by Crippen LogP contribution is 2.21. The Morgan fingerprint density at radius 2 is 1.74 bits per heavy atom. The fraction of sp³-hybridized carbons (Fsp3) is 0.731. The number of benzene rings is 1. The van der Waals surface area contributed by atoms with Crippen molar-refractivity contribution in [2.24, 2.45) is 17.6 Å². The number of aliphatic hydroxyl groups excluding tert-OH is 1. The fourth-order valence-corrected chi connectivity index (χ4v) is 3.38. The van der Waals surface area contributed by atoms with E-state index in [1.54, 1.807) is 13.2 Å². The number of halogens is 2. The Labute approximate surface area is 225 Å². The number of nitrogens with two attached hydrogens (primary N) is 1. The molecule has 0 aliphatic rings. The molecule has 0 heterocycles. The van der Waals surface area contributed by atoms with Gasteiger partial charge in [0.2, 0.25) is 0 Å². The Kier molecular flexibility index (Phi) is 19.7. The van der Waals surface area contributed by atoms with Gasteiger partial charge in [-0.25, -0.2) is 0 Å². The maximum Gasteiger partial charge on any atom is 0.255 e. The number of β-amino-alcohol motifs (C(OH)–C–C–N with tert-alkyl or cyclic N) is 1. The van der Waals surface area contributed by atoms with Crippen LogP contribution in [0.15, 0.2) is 24.3 Å². The molecule has 0 spiro atoms. The van der Waals surface area contributed by atoms with Gasteiger partial charge in [-0.05, 0) is 63.5 Å². The minimum atomic E-state index is -0.639. The molecule has 0 aliphatic carbocycles. The zero-order valence-corrected chi connectivity index (χ0v) is 24.0. The highest BCUT2D eigenvalue weighted by Gasteiger charge is 2.25. The van der Waals surface area contributed by atoms with Gasteiger partial charge in [0.05, 0.1) is 18.3 Å². The highest BCUT2D eigenvalue weighted by molar-refractivity contribution is 5.96. The lowest BCUT2D eigenvalue weighted by Crippen LogP contribution is -2.49. The first-order valence-electron chi connectivity index (χ1n) is 12.3. The van der Waals surface area contributed by atoms with Crippen LogP contribution >= 0.6 is 24.8 Å². The average Bonchev–Trinajstić information content (AvgIpc) is 2.79. The van der Waals surface area contributed by atoms with Crippen LogP contribution in [0.2, 0.25) is 0 Å². The van der Waals surface area contributed by atoms with E-state index in [4.69, 9.17) is 15.2 Å². The van der Waals surface area contributed by atoms with Gasteiger partial charge in [-0.2, -0.15) is 0 Å². The van der Waals surface area contributed by atoms with Gasteiger partial charge < -0.3 is 30.9 Å². The predicted molar refractivity (Wildman–Crippen MR) is 149 cm³/mol. The van der Waals surface area contributed by atoms with E-state index >= 15 is 0 Å². The summed E-state index contributed by atoms with van der Waals surface area (Å²) in [5.74, 6) is 0.898. The summed E-state index contributed by atoms with van der Waals surface area (Å²) in [5, 5.41) is 17.0. The van der Waals surface area contributed by atoms with E-state index in [0.717, 1.165) is 19.3 Å². The van der Waals surface area contributed by atoms with Gasteiger partial charge in [-0.15, -0.1) is 24.8 Å². The summed E-state index contributed by atoms with van der Waals surface area (Å²) in [7, 11) is 1.68. The van der Waals surface area contributed by atoms with Crippen LogP contribution < -0.4 is 21.1 Å². The number of ether oxygens (including phenoxy) is 2. The summed E-state index contributed by atoms with van der Waals surface area (Å²) in [6.45, 7) is 12.8. The van der Waals surface area contributed by atoms with E-state index in [9.17, 15) is 9.90 Å².